The van der Waals surface area contributed by atoms with Gasteiger partial charge in [-0.25, -0.2) is 9.59 Å². The van der Waals surface area contributed by atoms with Crippen LogP contribution < -0.4 is 10.6 Å². The summed E-state index contributed by atoms with van der Waals surface area (Å²) in [4.78, 5) is 102. The van der Waals surface area contributed by atoms with Gasteiger partial charge < -0.3 is 29.9 Å². The zero-order valence-corrected chi connectivity index (χ0v) is 38.0. The predicted molar refractivity (Wildman–Crippen MR) is 236 cm³/mol. The lowest BCUT2D eigenvalue weighted by Crippen LogP contribution is -2.53. The third kappa shape index (κ3) is 16.9. The van der Waals surface area contributed by atoms with E-state index in [0.717, 1.165) is 47.5 Å². The Morgan fingerprint density at radius 1 is 0.639 bits per heavy atom. The van der Waals surface area contributed by atoms with Crippen molar-refractivity contribution in [3.63, 3.8) is 0 Å². The van der Waals surface area contributed by atoms with E-state index in [4.69, 9.17) is 9.47 Å². The first-order valence-corrected chi connectivity index (χ1v) is 22.9. The fourth-order valence-corrected chi connectivity index (χ4v) is 8.23. The van der Waals surface area contributed by atoms with E-state index < -0.39 is 36.1 Å². The third-order valence-electron chi connectivity index (χ3n) is 10.00. The molecule has 334 valence electrons. The molecule has 2 N–H and O–H groups in total. The quantitative estimate of drug-likeness (QED) is 0.196. The van der Waals surface area contributed by atoms with E-state index in [2.05, 4.69) is 10.6 Å². The van der Waals surface area contributed by atoms with Crippen molar-refractivity contribution in [2.75, 3.05) is 31.2 Å². The van der Waals surface area contributed by atoms with Gasteiger partial charge in [0.05, 0.1) is 12.7 Å². The Labute approximate surface area is 368 Å². The number of likely N-dealkylation sites (tertiary alicyclic amines) is 2. The SMILES string of the molecule is CC(=O)SC[C@@H](C)C(=O)N1CCC[C@H]1C(=O)N[C@@H](Cc1ccccc1)C(=O)OC(C)C.CCOC(=O)[C@H](Cc1ccccc1)NC(=O)[C@@H]1CCCN1C(=O)[C@H](C)CSC(C)=O. The molecule has 4 amide bonds. The number of nitrogens with one attached hydrogen (secondary N) is 2. The van der Waals surface area contributed by atoms with Gasteiger partial charge in [0.2, 0.25) is 23.6 Å². The highest BCUT2D eigenvalue weighted by molar-refractivity contribution is 8.13. The van der Waals surface area contributed by atoms with Crippen LogP contribution in [-0.4, -0.2) is 117 Å². The molecule has 6 atom stereocenters. The van der Waals surface area contributed by atoms with Crippen LogP contribution in [0, 0.1) is 11.8 Å². The summed E-state index contributed by atoms with van der Waals surface area (Å²) >= 11 is 2.22. The number of nitrogens with zero attached hydrogens (tertiary/aromatic N) is 2. The highest BCUT2D eigenvalue weighted by atomic mass is 32.2. The maximum Gasteiger partial charge on any atom is 0.329 e. The van der Waals surface area contributed by atoms with Crippen LogP contribution in [0.2, 0.25) is 0 Å². The van der Waals surface area contributed by atoms with Gasteiger partial charge >= 0.3 is 11.9 Å². The molecule has 2 fully saturated rings. The number of esters is 2. The number of carbonyl (C=O) groups excluding carboxylic acids is 8. The lowest BCUT2D eigenvalue weighted by molar-refractivity contribution is -0.152. The van der Waals surface area contributed by atoms with Gasteiger partial charge in [-0.3, -0.25) is 28.8 Å². The Hall–Kier alpha value is -4.70. The number of thioether (sulfide) groups is 2. The number of benzene rings is 2. The van der Waals surface area contributed by atoms with Crippen LogP contribution in [-0.2, 0) is 60.7 Å². The number of carbonyl (C=O) groups is 8. The first kappa shape index (κ1) is 50.7. The zero-order valence-electron chi connectivity index (χ0n) is 36.4. The molecule has 2 aromatic carbocycles. The molecule has 2 aromatic rings. The first-order valence-electron chi connectivity index (χ1n) is 21.0. The average molecular weight is 883 g/mol. The average Bonchev–Trinajstić information content (AvgIpc) is 3.93. The van der Waals surface area contributed by atoms with Crippen LogP contribution in [0.3, 0.4) is 0 Å². The van der Waals surface area contributed by atoms with Crippen molar-refractivity contribution in [2.45, 2.75) is 117 Å². The highest BCUT2D eigenvalue weighted by Gasteiger charge is 2.39. The minimum Gasteiger partial charge on any atom is -0.464 e. The second kappa shape index (κ2) is 25.9. The van der Waals surface area contributed by atoms with Gasteiger partial charge in [0.1, 0.15) is 24.2 Å². The molecule has 0 unspecified atom stereocenters. The van der Waals surface area contributed by atoms with Crippen molar-refractivity contribution in [1.29, 1.82) is 0 Å². The number of amides is 4. The van der Waals surface area contributed by atoms with E-state index in [9.17, 15) is 38.4 Å². The Morgan fingerprint density at radius 3 is 1.39 bits per heavy atom. The summed E-state index contributed by atoms with van der Waals surface area (Å²) in [5, 5.41) is 5.54. The van der Waals surface area contributed by atoms with Gasteiger partial charge in [0.25, 0.3) is 0 Å². The Balaban J connectivity index is 0.000000325. The minimum atomic E-state index is -0.833. The van der Waals surface area contributed by atoms with Crippen molar-refractivity contribution >= 4 is 69.3 Å². The smallest absolute Gasteiger partial charge is 0.329 e. The maximum absolute atomic E-state index is 13.1. The second-order valence-electron chi connectivity index (χ2n) is 15.5. The number of hydrogen-bond acceptors (Lipinski definition) is 12. The summed E-state index contributed by atoms with van der Waals surface area (Å²) in [5.41, 5.74) is 1.81. The molecule has 0 spiro atoms. The topological polar surface area (TPSA) is 186 Å². The minimum absolute atomic E-state index is 0.0384. The van der Waals surface area contributed by atoms with Crippen molar-refractivity contribution < 1.29 is 47.8 Å². The lowest BCUT2D eigenvalue weighted by Gasteiger charge is -2.28. The van der Waals surface area contributed by atoms with Crippen LogP contribution in [0.5, 0.6) is 0 Å². The fraction of sp³-hybridized carbons (Fsp3) is 0.556. The van der Waals surface area contributed by atoms with Crippen molar-refractivity contribution in [2.24, 2.45) is 11.8 Å². The van der Waals surface area contributed by atoms with Crippen molar-refractivity contribution in [3.8, 4) is 0 Å². The van der Waals surface area contributed by atoms with Crippen LogP contribution in [0.1, 0.15) is 85.3 Å². The number of hydrogen-bond donors (Lipinski definition) is 2. The van der Waals surface area contributed by atoms with Gasteiger partial charge in [-0.2, -0.15) is 0 Å². The third-order valence-corrected chi connectivity index (χ3v) is 12.1. The molecule has 2 aliphatic heterocycles. The van der Waals surface area contributed by atoms with E-state index >= 15 is 0 Å². The largest absolute Gasteiger partial charge is 0.464 e. The number of ether oxygens (including phenoxy) is 2. The van der Waals surface area contributed by atoms with Gasteiger partial charge in [-0.15, -0.1) is 0 Å². The molecule has 4 rings (SSSR count). The zero-order chi connectivity index (χ0) is 45.1. The van der Waals surface area contributed by atoms with E-state index in [1.165, 1.54) is 13.8 Å². The summed E-state index contributed by atoms with van der Waals surface area (Å²) in [6.07, 6.45) is 2.86. The van der Waals surface area contributed by atoms with Crippen molar-refractivity contribution in [3.05, 3.63) is 71.8 Å². The van der Waals surface area contributed by atoms with Crippen LogP contribution >= 0.6 is 23.5 Å². The Bertz CT molecular complexity index is 1800. The van der Waals surface area contributed by atoms with Crippen LogP contribution in [0.15, 0.2) is 60.7 Å². The Kier molecular flexibility index (Phi) is 21.5. The second-order valence-corrected chi connectivity index (χ2v) is 17.9. The number of rotatable bonds is 18. The molecule has 0 aliphatic carbocycles. The molecule has 2 aliphatic rings. The fourth-order valence-electron chi connectivity index (χ4n) is 6.98. The van der Waals surface area contributed by atoms with E-state index in [1.54, 1.807) is 44.4 Å². The van der Waals surface area contributed by atoms with Crippen molar-refractivity contribution in [1.82, 2.24) is 20.4 Å². The van der Waals surface area contributed by atoms with Gasteiger partial charge in [0.15, 0.2) is 10.2 Å². The predicted octanol–water partition coefficient (Wildman–Crippen LogP) is 4.76. The molecule has 0 saturated carbocycles. The summed E-state index contributed by atoms with van der Waals surface area (Å²) < 4.78 is 10.5. The van der Waals surface area contributed by atoms with Gasteiger partial charge in [0, 0.05) is 63.1 Å². The molecule has 2 saturated heterocycles. The molecule has 2 heterocycles. The van der Waals surface area contributed by atoms with Crippen LogP contribution in [0.4, 0.5) is 0 Å². The molecule has 16 heteroatoms. The molecule has 0 radical (unpaired) electrons. The lowest BCUT2D eigenvalue weighted by atomic mass is 10.0. The molecular formula is C45H62N4O10S2. The van der Waals surface area contributed by atoms with Gasteiger partial charge in [-0.05, 0) is 57.6 Å². The maximum atomic E-state index is 13.1. The summed E-state index contributed by atoms with van der Waals surface area (Å²) in [6, 6.07) is 15.9. The normalized spacial score (nSPS) is 17.8. The van der Waals surface area contributed by atoms with E-state index in [-0.39, 0.29) is 58.4 Å². The Morgan fingerprint density at radius 2 is 1.03 bits per heavy atom. The summed E-state index contributed by atoms with van der Waals surface area (Å²) in [5.74, 6) is -1.92. The summed E-state index contributed by atoms with van der Waals surface area (Å²) in [6.45, 7) is 12.9. The van der Waals surface area contributed by atoms with Crippen LogP contribution in [0.25, 0.3) is 0 Å². The molecular weight excluding hydrogens is 821 g/mol. The van der Waals surface area contributed by atoms with Gasteiger partial charge in [-0.1, -0.05) is 98.0 Å². The monoisotopic (exact) mass is 882 g/mol. The summed E-state index contributed by atoms with van der Waals surface area (Å²) in [7, 11) is 0. The molecule has 0 bridgehead atoms. The standard InChI is InChI=1S/C23H32N2O5S.C22H30N2O5S/c1-15(2)30-23(29)19(13-18-9-6-5-7-10-18)24-21(27)20-11-8-12-25(20)22(28)16(3)14-31-17(4)26;1-4-29-22(28)18(13-17-9-6-5-7-10-17)23-20(26)19-11-8-12-24(19)21(27)15(2)14-30-16(3)25/h5-7,9-10,15-16,19-20H,8,11-14H2,1-4H3,(H,24,27);5-7,9-10,15,18-19H,4,8,11-14H2,1-3H3,(H,23,26)/t16-,19+,20+;15-,18+,19+/m11/s1. The highest BCUT2D eigenvalue weighted by Crippen LogP contribution is 2.24. The molecule has 14 nitrogen and oxygen atoms in total. The first-order chi connectivity index (χ1) is 29.0. The van der Waals surface area contributed by atoms with E-state index in [1.807, 2.05) is 60.7 Å². The van der Waals surface area contributed by atoms with E-state index in [0.29, 0.717) is 50.3 Å². The molecule has 0 aromatic heterocycles. The molecule has 61 heavy (non-hydrogen) atoms.